The Morgan fingerprint density at radius 1 is 1.47 bits per heavy atom. The first-order valence-corrected chi connectivity index (χ1v) is 6.61. The van der Waals surface area contributed by atoms with E-state index >= 15 is 0 Å². The minimum atomic E-state index is 0.166. The molecule has 1 aliphatic heterocycles. The molecule has 1 aliphatic rings. The number of aromatic hydroxyl groups is 1. The molecule has 1 aromatic carbocycles. The second-order valence-corrected chi connectivity index (χ2v) is 4.85. The van der Waals surface area contributed by atoms with Gasteiger partial charge in [-0.2, -0.15) is 0 Å². The van der Waals surface area contributed by atoms with Crippen LogP contribution in [0.25, 0.3) is 0 Å². The third kappa shape index (κ3) is 2.91. The molecule has 1 atom stereocenters. The Hall–Kier alpha value is -0.780. The summed E-state index contributed by atoms with van der Waals surface area (Å²) in [6.07, 6.45) is 0. The Kier molecular flexibility index (Phi) is 4.25. The van der Waals surface area contributed by atoms with Crippen LogP contribution in [0.1, 0.15) is 18.5 Å². The summed E-state index contributed by atoms with van der Waals surface area (Å²) in [5, 5.41) is 16.6. The molecule has 4 nitrogen and oxygen atoms in total. The highest BCUT2D eigenvalue weighted by Gasteiger charge is 2.18. The van der Waals surface area contributed by atoms with E-state index in [9.17, 15) is 5.11 Å². The maximum Gasteiger partial charge on any atom is 0.172 e. The summed E-state index contributed by atoms with van der Waals surface area (Å²) in [5.74, 6) is 0.698. The fraction of sp³-hybridized carbons (Fsp3) is 0.500. The van der Waals surface area contributed by atoms with Gasteiger partial charge in [0, 0.05) is 25.7 Å². The maximum absolute atomic E-state index is 9.84. The summed E-state index contributed by atoms with van der Waals surface area (Å²) in [6.45, 7) is 5.28. The molecule has 0 unspecified atom stereocenters. The Morgan fingerprint density at radius 3 is 2.94 bits per heavy atom. The molecule has 2 rings (SSSR count). The van der Waals surface area contributed by atoms with Gasteiger partial charge in [0.1, 0.15) is 0 Å². The third-order valence-corrected chi connectivity index (χ3v) is 3.40. The van der Waals surface area contributed by atoms with Crippen LogP contribution in [0, 0.1) is 0 Å². The fourth-order valence-electron chi connectivity index (χ4n) is 1.95. The van der Waals surface area contributed by atoms with Crippen molar-refractivity contribution < 1.29 is 9.84 Å². The van der Waals surface area contributed by atoms with Crippen molar-refractivity contribution in [1.29, 1.82) is 0 Å². The summed E-state index contributed by atoms with van der Waals surface area (Å²) in [4.78, 5) is 0. The number of ether oxygens (including phenoxy) is 1. The molecule has 0 spiro atoms. The normalized spacial score (nSPS) is 20.2. The molecule has 1 heterocycles. The summed E-state index contributed by atoms with van der Waals surface area (Å²) in [7, 11) is 0. The van der Waals surface area contributed by atoms with Gasteiger partial charge in [0.15, 0.2) is 11.5 Å². The number of halogens is 1. The van der Waals surface area contributed by atoms with E-state index in [-0.39, 0.29) is 11.8 Å². The van der Waals surface area contributed by atoms with E-state index in [1.165, 1.54) is 0 Å². The van der Waals surface area contributed by atoms with Crippen molar-refractivity contribution in [2.75, 3.05) is 26.2 Å². The summed E-state index contributed by atoms with van der Waals surface area (Å²) >= 11 is 3.36. The molecule has 0 radical (unpaired) electrons. The Balaban J connectivity index is 2.27. The molecule has 17 heavy (non-hydrogen) atoms. The third-order valence-electron chi connectivity index (χ3n) is 2.79. The largest absolute Gasteiger partial charge is 0.503 e. The van der Waals surface area contributed by atoms with E-state index < -0.39 is 0 Å². The summed E-state index contributed by atoms with van der Waals surface area (Å²) in [6, 6.07) is 4.09. The standard InChI is InChI=1S/C12H17BrN2O2/c1-2-17-11-6-8(5-9(13)12(11)16)10-7-14-3-4-15-10/h5-6,10,14-16H,2-4,7H2,1H3/t10-/m0/s1. The Labute approximate surface area is 109 Å². The number of piperazine rings is 1. The summed E-state index contributed by atoms with van der Waals surface area (Å²) in [5.41, 5.74) is 1.12. The average Bonchev–Trinajstić information content (AvgIpc) is 2.36. The van der Waals surface area contributed by atoms with Gasteiger partial charge in [-0.25, -0.2) is 0 Å². The first kappa shape index (κ1) is 12.7. The lowest BCUT2D eigenvalue weighted by Crippen LogP contribution is -2.42. The number of phenols is 1. The highest BCUT2D eigenvalue weighted by molar-refractivity contribution is 9.10. The lowest BCUT2D eigenvalue weighted by atomic mass is 10.0. The number of hydrogen-bond donors (Lipinski definition) is 3. The molecule has 3 N–H and O–H groups in total. The van der Waals surface area contributed by atoms with Crippen LogP contribution >= 0.6 is 15.9 Å². The van der Waals surface area contributed by atoms with Crippen LogP contribution in [-0.4, -0.2) is 31.3 Å². The first-order valence-electron chi connectivity index (χ1n) is 5.81. The zero-order valence-electron chi connectivity index (χ0n) is 9.79. The molecular weight excluding hydrogens is 284 g/mol. The lowest BCUT2D eigenvalue weighted by molar-refractivity contribution is 0.316. The van der Waals surface area contributed by atoms with Gasteiger partial charge >= 0.3 is 0 Å². The number of phenolic OH excluding ortho intramolecular Hbond substituents is 1. The zero-order valence-corrected chi connectivity index (χ0v) is 11.4. The molecule has 0 amide bonds. The van der Waals surface area contributed by atoms with Gasteiger partial charge in [0.05, 0.1) is 11.1 Å². The number of hydrogen-bond acceptors (Lipinski definition) is 4. The highest BCUT2D eigenvalue weighted by atomic mass is 79.9. The van der Waals surface area contributed by atoms with E-state index in [4.69, 9.17) is 4.74 Å². The van der Waals surface area contributed by atoms with Gasteiger partial charge in [0.25, 0.3) is 0 Å². The topological polar surface area (TPSA) is 53.5 Å². The first-order chi connectivity index (χ1) is 8.22. The van der Waals surface area contributed by atoms with Gasteiger partial charge < -0.3 is 20.5 Å². The zero-order chi connectivity index (χ0) is 12.3. The predicted molar refractivity (Wildman–Crippen MR) is 70.6 cm³/mol. The SMILES string of the molecule is CCOc1cc([C@@H]2CNCCN2)cc(Br)c1O. The minimum absolute atomic E-state index is 0.166. The van der Waals surface area contributed by atoms with E-state index in [0.717, 1.165) is 25.2 Å². The van der Waals surface area contributed by atoms with Crippen LogP contribution in [0.15, 0.2) is 16.6 Å². The van der Waals surface area contributed by atoms with Gasteiger partial charge in [-0.1, -0.05) is 0 Å². The van der Waals surface area contributed by atoms with Gasteiger partial charge in [-0.3, -0.25) is 0 Å². The molecule has 1 saturated heterocycles. The van der Waals surface area contributed by atoms with Crippen molar-refractivity contribution in [2.24, 2.45) is 0 Å². The number of benzene rings is 1. The number of rotatable bonds is 3. The second-order valence-electron chi connectivity index (χ2n) is 3.99. The molecule has 1 aromatic rings. The van der Waals surface area contributed by atoms with Gasteiger partial charge in [0.2, 0.25) is 0 Å². The van der Waals surface area contributed by atoms with Gasteiger partial charge in [-0.05, 0) is 40.5 Å². The molecule has 0 bridgehead atoms. The number of nitrogens with one attached hydrogen (secondary N) is 2. The van der Waals surface area contributed by atoms with Crippen LogP contribution in [-0.2, 0) is 0 Å². The fourth-order valence-corrected chi connectivity index (χ4v) is 2.41. The van der Waals surface area contributed by atoms with Crippen molar-refractivity contribution in [2.45, 2.75) is 13.0 Å². The molecule has 0 saturated carbocycles. The highest BCUT2D eigenvalue weighted by Crippen LogP contribution is 2.37. The van der Waals surface area contributed by atoms with Gasteiger partial charge in [-0.15, -0.1) is 0 Å². The van der Waals surface area contributed by atoms with E-state index in [2.05, 4.69) is 26.6 Å². The van der Waals surface area contributed by atoms with Crippen molar-refractivity contribution in [3.8, 4) is 11.5 Å². The molecule has 5 heteroatoms. The van der Waals surface area contributed by atoms with Crippen molar-refractivity contribution >= 4 is 15.9 Å². The Bertz CT molecular complexity index is 392. The smallest absolute Gasteiger partial charge is 0.172 e. The summed E-state index contributed by atoms with van der Waals surface area (Å²) < 4.78 is 6.09. The molecule has 0 aliphatic carbocycles. The van der Waals surface area contributed by atoms with Crippen LogP contribution in [0.3, 0.4) is 0 Å². The van der Waals surface area contributed by atoms with Crippen LogP contribution in [0.5, 0.6) is 11.5 Å². The maximum atomic E-state index is 9.84. The van der Waals surface area contributed by atoms with Crippen LogP contribution in [0.4, 0.5) is 0 Å². The predicted octanol–water partition coefficient (Wildman–Crippen LogP) is 1.79. The van der Waals surface area contributed by atoms with Crippen molar-refractivity contribution in [3.05, 3.63) is 22.2 Å². The quantitative estimate of drug-likeness (QED) is 0.797. The Morgan fingerprint density at radius 2 is 2.29 bits per heavy atom. The lowest BCUT2D eigenvalue weighted by Gasteiger charge is -2.25. The molecule has 0 aromatic heterocycles. The van der Waals surface area contributed by atoms with E-state index in [1.807, 2.05) is 19.1 Å². The second kappa shape index (κ2) is 5.71. The average molecular weight is 301 g/mol. The molecular formula is C12H17BrN2O2. The molecule has 94 valence electrons. The van der Waals surface area contributed by atoms with Crippen LogP contribution in [0.2, 0.25) is 0 Å². The minimum Gasteiger partial charge on any atom is -0.503 e. The van der Waals surface area contributed by atoms with Crippen molar-refractivity contribution in [3.63, 3.8) is 0 Å². The van der Waals surface area contributed by atoms with Crippen molar-refractivity contribution in [1.82, 2.24) is 10.6 Å². The molecule has 1 fully saturated rings. The van der Waals surface area contributed by atoms with Crippen LogP contribution < -0.4 is 15.4 Å². The van der Waals surface area contributed by atoms with E-state index in [0.29, 0.717) is 16.8 Å². The monoisotopic (exact) mass is 300 g/mol. The van der Waals surface area contributed by atoms with E-state index in [1.54, 1.807) is 0 Å².